The molecule has 2 aromatic carbocycles. The van der Waals surface area contributed by atoms with Crippen molar-refractivity contribution >= 4 is 29.9 Å². The Bertz CT molecular complexity index is 1070. The van der Waals surface area contributed by atoms with Crippen LogP contribution in [0.25, 0.3) is 12.2 Å². The summed E-state index contributed by atoms with van der Waals surface area (Å²) in [6.45, 7) is 0. The zero-order valence-electron chi connectivity index (χ0n) is 15.8. The molecule has 2 amide bonds. The maximum absolute atomic E-state index is 12.1. The Balaban J connectivity index is 1.57. The molecule has 30 heavy (non-hydrogen) atoms. The van der Waals surface area contributed by atoms with Crippen LogP contribution in [0, 0.1) is 0 Å². The Kier molecular flexibility index (Phi) is 6.94. The van der Waals surface area contributed by atoms with Gasteiger partial charge in [0.15, 0.2) is 5.76 Å². The van der Waals surface area contributed by atoms with Gasteiger partial charge in [-0.05, 0) is 35.9 Å². The number of rotatable bonds is 6. The van der Waals surface area contributed by atoms with Crippen molar-refractivity contribution in [3.05, 3.63) is 102 Å². The Labute approximate surface area is 172 Å². The number of hydrogen-bond donors (Lipinski definition) is 2. The third-order valence-electron chi connectivity index (χ3n) is 3.80. The van der Waals surface area contributed by atoms with Crippen LogP contribution in [0.2, 0.25) is 0 Å². The molecule has 0 saturated carbocycles. The maximum Gasteiger partial charge on any atom is 0.336 e. The summed E-state index contributed by atoms with van der Waals surface area (Å²) in [6, 6.07) is 19.1. The average Bonchev–Trinajstić information content (AvgIpc) is 3.31. The number of hydrazine groups is 1. The Morgan fingerprint density at radius 2 is 1.57 bits per heavy atom. The largest absolute Gasteiger partial charge is 0.459 e. The Morgan fingerprint density at radius 1 is 0.800 bits per heavy atom. The molecule has 1 aromatic heterocycles. The van der Waals surface area contributed by atoms with Gasteiger partial charge >= 0.3 is 11.9 Å². The summed E-state index contributed by atoms with van der Waals surface area (Å²) in [4.78, 5) is 35.7. The van der Waals surface area contributed by atoms with Gasteiger partial charge < -0.3 is 9.15 Å². The summed E-state index contributed by atoms with van der Waals surface area (Å²) in [7, 11) is 0. The molecular weight excluding hydrogens is 384 g/mol. The van der Waals surface area contributed by atoms with Crippen molar-refractivity contribution < 1.29 is 23.5 Å². The second kappa shape index (κ2) is 10.2. The molecule has 0 unspecified atom stereocenters. The number of esters is 1. The molecule has 0 aliphatic rings. The standard InChI is InChI=1S/C23H18N2O5/c26-21(24-25-23(28)20-11-6-16-29-20)14-13-18-9-4-5-10-19(18)30-22(27)15-12-17-7-2-1-3-8-17/h1-16H,(H,24,26)(H,25,28)/b14-13+,15-12+. The van der Waals surface area contributed by atoms with Gasteiger partial charge in [0.2, 0.25) is 0 Å². The predicted molar refractivity (Wildman–Crippen MR) is 111 cm³/mol. The van der Waals surface area contributed by atoms with Gasteiger partial charge in [-0.2, -0.15) is 0 Å². The lowest BCUT2D eigenvalue weighted by Crippen LogP contribution is -2.40. The number of carbonyl (C=O) groups excluding carboxylic acids is 3. The lowest BCUT2D eigenvalue weighted by Gasteiger charge is -2.06. The highest BCUT2D eigenvalue weighted by Crippen LogP contribution is 2.20. The van der Waals surface area contributed by atoms with Gasteiger partial charge in [0.05, 0.1) is 6.26 Å². The maximum atomic E-state index is 12.1. The number of furan rings is 1. The fourth-order valence-corrected chi connectivity index (χ4v) is 2.38. The topological polar surface area (TPSA) is 97.6 Å². The minimum atomic E-state index is -0.582. The van der Waals surface area contributed by atoms with Crippen molar-refractivity contribution in [2.45, 2.75) is 0 Å². The van der Waals surface area contributed by atoms with E-state index in [1.165, 1.54) is 30.6 Å². The van der Waals surface area contributed by atoms with Gasteiger partial charge in [-0.3, -0.25) is 20.4 Å². The first-order valence-corrected chi connectivity index (χ1v) is 8.98. The lowest BCUT2D eigenvalue weighted by atomic mass is 10.2. The summed E-state index contributed by atoms with van der Waals surface area (Å²) < 4.78 is 10.3. The third-order valence-corrected chi connectivity index (χ3v) is 3.80. The average molecular weight is 402 g/mol. The Hall–Kier alpha value is -4.39. The van der Waals surface area contributed by atoms with Crippen molar-refractivity contribution in [3.63, 3.8) is 0 Å². The van der Waals surface area contributed by atoms with Crippen LogP contribution in [0.15, 0.2) is 89.6 Å². The highest BCUT2D eigenvalue weighted by atomic mass is 16.5. The van der Waals surface area contributed by atoms with Crippen LogP contribution in [0.1, 0.15) is 21.7 Å². The van der Waals surface area contributed by atoms with E-state index in [1.54, 1.807) is 36.4 Å². The van der Waals surface area contributed by atoms with Gasteiger partial charge in [0.1, 0.15) is 5.75 Å². The van der Waals surface area contributed by atoms with E-state index in [2.05, 4.69) is 10.9 Å². The smallest absolute Gasteiger partial charge is 0.336 e. The molecule has 7 nitrogen and oxygen atoms in total. The molecule has 7 heteroatoms. The number of benzene rings is 2. The number of carbonyl (C=O) groups is 3. The van der Waals surface area contributed by atoms with E-state index in [0.29, 0.717) is 11.3 Å². The third kappa shape index (κ3) is 6.07. The van der Waals surface area contributed by atoms with Crippen molar-refractivity contribution in [1.82, 2.24) is 10.9 Å². The van der Waals surface area contributed by atoms with Gasteiger partial charge in [0, 0.05) is 17.7 Å². The van der Waals surface area contributed by atoms with Crippen LogP contribution < -0.4 is 15.6 Å². The first-order chi connectivity index (χ1) is 14.6. The fraction of sp³-hybridized carbons (Fsp3) is 0. The van der Waals surface area contributed by atoms with Crippen molar-refractivity contribution in [2.75, 3.05) is 0 Å². The second-order valence-corrected chi connectivity index (χ2v) is 5.96. The van der Waals surface area contributed by atoms with E-state index >= 15 is 0 Å². The molecule has 0 radical (unpaired) electrons. The van der Waals surface area contributed by atoms with E-state index in [9.17, 15) is 14.4 Å². The molecule has 0 atom stereocenters. The molecule has 0 aliphatic heterocycles. The Morgan fingerprint density at radius 3 is 2.33 bits per heavy atom. The zero-order chi connectivity index (χ0) is 21.2. The summed E-state index contributed by atoms with van der Waals surface area (Å²) in [5.41, 5.74) is 5.85. The minimum absolute atomic E-state index is 0.0695. The summed E-state index contributed by atoms with van der Waals surface area (Å²) in [5.74, 6) is -1.33. The van der Waals surface area contributed by atoms with Crippen LogP contribution in [0.4, 0.5) is 0 Å². The molecule has 0 spiro atoms. The lowest BCUT2D eigenvalue weighted by molar-refractivity contribution is -0.128. The molecule has 0 saturated heterocycles. The zero-order valence-corrected chi connectivity index (χ0v) is 15.8. The van der Waals surface area contributed by atoms with E-state index in [1.807, 2.05) is 30.3 Å². The van der Waals surface area contributed by atoms with Crippen molar-refractivity contribution in [2.24, 2.45) is 0 Å². The van der Waals surface area contributed by atoms with Crippen molar-refractivity contribution in [1.29, 1.82) is 0 Å². The number of amides is 2. The van der Waals surface area contributed by atoms with Crippen molar-refractivity contribution in [3.8, 4) is 5.75 Å². The predicted octanol–water partition coefficient (Wildman–Crippen LogP) is 3.37. The number of para-hydroxylation sites is 1. The van der Waals surface area contributed by atoms with Gasteiger partial charge in [0.25, 0.3) is 5.91 Å². The van der Waals surface area contributed by atoms with Crippen LogP contribution in [0.5, 0.6) is 5.75 Å². The monoisotopic (exact) mass is 402 g/mol. The van der Waals surface area contributed by atoms with Gasteiger partial charge in [-0.25, -0.2) is 4.79 Å². The fourth-order valence-electron chi connectivity index (χ4n) is 2.38. The van der Waals surface area contributed by atoms with Crippen LogP contribution in [-0.4, -0.2) is 17.8 Å². The highest BCUT2D eigenvalue weighted by molar-refractivity contribution is 5.96. The summed E-state index contributed by atoms with van der Waals surface area (Å²) >= 11 is 0. The van der Waals surface area contributed by atoms with Crippen LogP contribution >= 0.6 is 0 Å². The van der Waals surface area contributed by atoms with E-state index in [4.69, 9.17) is 9.15 Å². The molecular formula is C23H18N2O5. The highest BCUT2D eigenvalue weighted by Gasteiger charge is 2.09. The molecule has 3 aromatic rings. The van der Waals surface area contributed by atoms with Crippen LogP contribution in [0.3, 0.4) is 0 Å². The quantitative estimate of drug-likeness (QED) is 0.285. The number of nitrogens with one attached hydrogen (secondary N) is 2. The van der Waals surface area contributed by atoms with E-state index in [0.717, 1.165) is 5.56 Å². The first kappa shape index (κ1) is 20.3. The van der Waals surface area contributed by atoms with Gasteiger partial charge in [-0.15, -0.1) is 0 Å². The molecule has 0 bridgehead atoms. The molecule has 1 heterocycles. The van der Waals surface area contributed by atoms with Gasteiger partial charge in [-0.1, -0.05) is 48.5 Å². The van der Waals surface area contributed by atoms with E-state index in [-0.39, 0.29) is 5.76 Å². The number of ether oxygens (including phenoxy) is 1. The summed E-state index contributed by atoms with van der Waals surface area (Å²) in [5, 5.41) is 0. The molecule has 150 valence electrons. The minimum Gasteiger partial charge on any atom is -0.459 e. The SMILES string of the molecule is O=C(/C=C/c1ccccc1OC(=O)/C=C/c1ccccc1)NNC(=O)c1ccco1. The van der Waals surface area contributed by atoms with E-state index < -0.39 is 17.8 Å². The normalized spacial score (nSPS) is 10.8. The number of hydrogen-bond acceptors (Lipinski definition) is 5. The second-order valence-electron chi connectivity index (χ2n) is 5.96. The van der Waals surface area contributed by atoms with Crippen LogP contribution in [-0.2, 0) is 9.59 Å². The molecule has 0 fully saturated rings. The molecule has 0 aliphatic carbocycles. The summed E-state index contributed by atoms with van der Waals surface area (Å²) in [6.07, 6.45) is 7.00. The molecule has 3 rings (SSSR count). The molecule has 2 N–H and O–H groups in total. The first-order valence-electron chi connectivity index (χ1n) is 8.98.